The molecule has 0 aromatic heterocycles. The molecule has 7 nitrogen and oxygen atoms in total. The molecule has 7 heteroatoms. The summed E-state index contributed by atoms with van der Waals surface area (Å²) in [7, 11) is 0. The van der Waals surface area contributed by atoms with Gasteiger partial charge in [-0.25, -0.2) is 0 Å². The Labute approximate surface area is 201 Å². The van der Waals surface area contributed by atoms with Crippen molar-refractivity contribution in [2.45, 2.75) is 82.5 Å². The third-order valence-electron chi connectivity index (χ3n) is 8.05. The van der Waals surface area contributed by atoms with Crippen LogP contribution >= 0.6 is 0 Å². The zero-order valence-electron chi connectivity index (χ0n) is 19.7. The molecular weight excluding hydrogens is 428 g/mol. The maximum absolute atomic E-state index is 13.0. The number of fused-ring (bicyclic) bond motifs is 1. The molecule has 2 amide bonds. The summed E-state index contributed by atoms with van der Waals surface area (Å²) in [6.07, 6.45) is 9.01. The summed E-state index contributed by atoms with van der Waals surface area (Å²) in [5.74, 6) is 1.46. The predicted octanol–water partition coefficient (Wildman–Crippen LogP) is 3.65. The molecule has 3 atom stereocenters. The number of hydrogen-bond acceptors (Lipinski definition) is 5. The van der Waals surface area contributed by atoms with E-state index < -0.39 is 6.04 Å². The Morgan fingerprint density at radius 1 is 1.15 bits per heavy atom. The molecule has 5 rings (SSSR count). The quantitative estimate of drug-likeness (QED) is 0.673. The van der Waals surface area contributed by atoms with Crippen LogP contribution in [-0.2, 0) is 11.3 Å². The number of piperidine rings is 1. The highest BCUT2D eigenvalue weighted by Crippen LogP contribution is 2.33. The molecule has 1 saturated heterocycles. The minimum absolute atomic E-state index is 0.0826. The second-order valence-electron chi connectivity index (χ2n) is 10.3. The molecule has 1 aromatic carbocycles. The summed E-state index contributed by atoms with van der Waals surface area (Å²) in [4.78, 5) is 27.1. The zero-order valence-corrected chi connectivity index (χ0v) is 19.7. The van der Waals surface area contributed by atoms with Crippen molar-refractivity contribution in [1.29, 1.82) is 5.26 Å². The average Bonchev–Trinajstić information content (AvgIpc) is 3.41. The largest absolute Gasteiger partial charge is 0.489 e. The van der Waals surface area contributed by atoms with Crippen LogP contribution in [0.15, 0.2) is 30.5 Å². The Bertz CT molecular complexity index is 1010. The fourth-order valence-electron chi connectivity index (χ4n) is 5.99. The number of carbonyl (C=O) groups is 2. The molecule has 0 spiro atoms. The van der Waals surface area contributed by atoms with Gasteiger partial charge in [0, 0.05) is 29.8 Å². The lowest BCUT2D eigenvalue weighted by Crippen LogP contribution is -2.49. The lowest BCUT2D eigenvalue weighted by Gasteiger charge is -2.30. The number of benzene rings is 1. The molecule has 4 aliphatic rings. The molecule has 1 aromatic rings. The van der Waals surface area contributed by atoms with Gasteiger partial charge in [-0.2, -0.15) is 5.26 Å². The van der Waals surface area contributed by atoms with E-state index in [0.29, 0.717) is 36.9 Å². The van der Waals surface area contributed by atoms with Gasteiger partial charge in [-0.3, -0.25) is 9.59 Å². The standard InChI is InChI=1S/C27H34N4O3/c1-17-5-12-24(26(32)30-17)31-16-20-13-21(10-11-22(20)27(31)33)34-25-4-2-3-23(25)29-15-19-8-6-18(14-28)7-9-19/h10-11,13,18-19,23-25,29H,1-9,12,15-16H2,(H,30,32)/t18?,19?,23-,24?,25+/m1/s1. The smallest absolute Gasteiger partial charge is 0.255 e. The van der Waals surface area contributed by atoms with Gasteiger partial charge in [0.05, 0.1) is 6.07 Å². The maximum atomic E-state index is 13.0. The first-order valence-corrected chi connectivity index (χ1v) is 12.7. The van der Waals surface area contributed by atoms with Gasteiger partial charge in [0.1, 0.15) is 17.9 Å². The SMILES string of the molecule is C=C1CCC(N2Cc3cc(O[C@H]4CCC[C@H]4NCC4CCC(C#N)CC4)ccc3C2=O)C(=O)N1. The van der Waals surface area contributed by atoms with Crippen molar-refractivity contribution in [3.63, 3.8) is 0 Å². The molecule has 2 N–H and O–H groups in total. The topological polar surface area (TPSA) is 94.5 Å². The van der Waals surface area contributed by atoms with Crippen molar-refractivity contribution < 1.29 is 14.3 Å². The van der Waals surface area contributed by atoms with E-state index in [1.165, 1.54) is 0 Å². The van der Waals surface area contributed by atoms with Crippen molar-refractivity contribution in [2.75, 3.05) is 6.54 Å². The van der Waals surface area contributed by atoms with Crippen LogP contribution < -0.4 is 15.4 Å². The predicted molar refractivity (Wildman–Crippen MR) is 128 cm³/mol. The highest BCUT2D eigenvalue weighted by Gasteiger charge is 2.38. The number of allylic oxidation sites excluding steroid dienone is 1. The molecular formula is C27H34N4O3. The van der Waals surface area contributed by atoms with Gasteiger partial charge in [-0.15, -0.1) is 0 Å². The van der Waals surface area contributed by atoms with Crippen LogP contribution in [0, 0.1) is 23.2 Å². The summed E-state index contributed by atoms with van der Waals surface area (Å²) in [5, 5.41) is 15.6. The number of nitrogens with zero attached hydrogens (tertiary/aromatic N) is 2. The summed E-state index contributed by atoms with van der Waals surface area (Å²) in [6, 6.07) is 8.02. The summed E-state index contributed by atoms with van der Waals surface area (Å²) in [6.45, 7) is 5.26. The van der Waals surface area contributed by atoms with Crippen molar-refractivity contribution in [3.05, 3.63) is 41.6 Å². The molecule has 3 fully saturated rings. The van der Waals surface area contributed by atoms with E-state index in [1.54, 1.807) is 4.90 Å². The molecule has 180 valence electrons. The lowest BCUT2D eigenvalue weighted by atomic mass is 9.82. The Hall–Kier alpha value is -2.85. The molecule has 2 aliphatic carbocycles. The van der Waals surface area contributed by atoms with Gasteiger partial charge in [0.2, 0.25) is 5.91 Å². The Morgan fingerprint density at radius 3 is 2.74 bits per heavy atom. The highest BCUT2D eigenvalue weighted by molar-refractivity contribution is 6.01. The number of amides is 2. The fourth-order valence-corrected chi connectivity index (χ4v) is 5.99. The monoisotopic (exact) mass is 462 g/mol. The first-order valence-electron chi connectivity index (χ1n) is 12.7. The number of nitrogens with one attached hydrogen (secondary N) is 2. The molecule has 2 heterocycles. The van der Waals surface area contributed by atoms with Crippen LogP contribution in [0.1, 0.15) is 73.7 Å². The van der Waals surface area contributed by atoms with Gasteiger partial charge in [-0.1, -0.05) is 6.58 Å². The second-order valence-corrected chi connectivity index (χ2v) is 10.3. The van der Waals surface area contributed by atoms with E-state index in [9.17, 15) is 9.59 Å². The van der Waals surface area contributed by atoms with Crippen LogP contribution in [0.2, 0.25) is 0 Å². The van der Waals surface area contributed by atoms with Crippen molar-refractivity contribution in [3.8, 4) is 11.8 Å². The summed E-state index contributed by atoms with van der Waals surface area (Å²) in [5.41, 5.74) is 2.31. The van der Waals surface area contributed by atoms with E-state index in [1.807, 2.05) is 18.2 Å². The molecule has 2 aliphatic heterocycles. The maximum Gasteiger partial charge on any atom is 0.255 e. The number of rotatable bonds is 6. The normalized spacial score (nSPS) is 31.2. The van der Waals surface area contributed by atoms with Crippen LogP contribution in [0.4, 0.5) is 0 Å². The first-order chi connectivity index (χ1) is 16.5. The van der Waals surface area contributed by atoms with E-state index >= 15 is 0 Å². The van der Waals surface area contributed by atoms with Crippen LogP contribution in [0.5, 0.6) is 5.75 Å². The summed E-state index contributed by atoms with van der Waals surface area (Å²) >= 11 is 0. The van der Waals surface area contributed by atoms with E-state index in [0.717, 1.165) is 68.5 Å². The van der Waals surface area contributed by atoms with Crippen LogP contribution in [0.3, 0.4) is 0 Å². The molecule has 2 saturated carbocycles. The van der Waals surface area contributed by atoms with Crippen LogP contribution in [0.25, 0.3) is 0 Å². The number of nitriles is 1. The molecule has 34 heavy (non-hydrogen) atoms. The van der Waals surface area contributed by atoms with Gasteiger partial charge in [-0.05, 0) is 94.0 Å². The Kier molecular flexibility index (Phi) is 6.60. The fraction of sp³-hybridized carbons (Fsp3) is 0.593. The molecule has 0 bridgehead atoms. The second kappa shape index (κ2) is 9.79. The third kappa shape index (κ3) is 4.69. The van der Waals surface area contributed by atoms with Crippen molar-refractivity contribution in [2.24, 2.45) is 11.8 Å². The molecule has 1 unspecified atom stereocenters. The van der Waals surface area contributed by atoms with Crippen molar-refractivity contribution >= 4 is 11.8 Å². The third-order valence-corrected chi connectivity index (χ3v) is 8.05. The number of carbonyl (C=O) groups excluding carboxylic acids is 2. The highest BCUT2D eigenvalue weighted by atomic mass is 16.5. The Balaban J connectivity index is 1.18. The van der Waals surface area contributed by atoms with Gasteiger partial charge < -0.3 is 20.3 Å². The Morgan fingerprint density at radius 2 is 1.97 bits per heavy atom. The number of hydrogen-bond donors (Lipinski definition) is 2. The van der Waals surface area contributed by atoms with Gasteiger partial charge in [0.15, 0.2) is 0 Å². The van der Waals surface area contributed by atoms with Crippen LogP contribution in [-0.4, -0.2) is 41.4 Å². The van der Waals surface area contributed by atoms with Gasteiger partial charge in [0.25, 0.3) is 5.91 Å². The summed E-state index contributed by atoms with van der Waals surface area (Å²) < 4.78 is 6.41. The minimum atomic E-state index is -0.443. The molecule has 0 radical (unpaired) electrons. The lowest BCUT2D eigenvalue weighted by molar-refractivity contribution is -0.126. The first kappa shape index (κ1) is 22.9. The zero-order chi connectivity index (χ0) is 23.7. The van der Waals surface area contributed by atoms with Gasteiger partial charge >= 0.3 is 0 Å². The minimum Gasteiger partial charge on any atom is -0.489 e. The average molecular weight is 463 g/mol. The van der Waals surface area contributed by atoms with E-state index in [-0.39, 0.29) is 23.8 Å². The van der Waals surface area contributed by atoms with E-state index in [4.69, 9.17) is 10.00 Å². The van der Waals surface area contributed by atoms with E-state index in [2.05, 4.69) is 23.3 Å². The number of ether oxygens (including phenoxy) is 1. The van der Waals surface area contributed by atoms with Crippen molar-refractivity contribution in [1.82, 2.24) is 15.5 Å².